The zero-order valence-corrected chi connectivity index (χ0v) is 7.65. The molecule has 1 aliphatic rings. The molecule has 0 amide bonds. The van der Waals surface area contributed by atoms with E-state index in [0.717, 1.165) is 18.8 Å². The van der Waals surface area contributed by atoms with Crippen molar-refractivity contribution in [2.75, 3.05) is 0 Å². The first-order valence-corrected chi connectivity index (χ1v) is 4.78. The summed E-state index contributed by atoms with van der Waals surface area (Å²) in [5.41, 5.74) is 0. The highest BCUT2D eigenvalue weighted by molar-refractivity contribution is 5.15. The Morgan fingerprint density at radius 3 is 2.69 bits per heavy atom. The Hall–Kier alpha value is -0.840. The van der Waals surface area contributed by atoms with Gasteiger partial charge in [-0.15, -0.1) is 0 Å². The van der Waals surface area contributed by atoms with Gasteiger partial charge in [-0.1, -0.05) is 37.5 Å². The highest BCUT2D eigenvalue weighted by Gasteiger charge is 2.19. The van der Waals surface area contributed by atoms with Gasteiger partial charge in [0.2, 0.25) is 0 Å². The fourth-order valence-electron chi connectivity index (χ4n) is 1.23. The van der Waals surface area contributed by atoms with E-state index in [4.69, 9.17) is 0 Å². The largest absolute Gasteiger partial charge is 0.278 e. The lowest BCUT2D eigenvalue weighted by atomic mass is 10.1. The number of hydrogen-bond donors (Lipinski definition) is 0. The van der Waals surface area contributed by atoms with Crippen molar-refractivity contribution in [1.82, 2.24) is 0 Å². The van der Waals surface area contributed by atoms with Gasteiger partial charge in [0.05, 0.1) is 6.08 Å². The Morgan fingerprint density at radius 2 is 2.08 bits per heavy atom. The lowest BCUT2D eigenvalue weighted by molar-refractivity contribution is 0.422. The molecule has 0 aromatic carbocycles. The average molecular weight is 184 g/mol. The van der Waals surface area contributed by atoms with Gasteiger partial charge in [0.25, 0.3) is 6.08 Å². The molecule has 1 rings (SSSR count). The molecule has 1 aliphatic carbocycles. The van der Waals surface area contributed by atoms with Crippen molar-refractivity contribution < 1.29 is 8.78 Å². The van der Waals surface area contributed by atoms with Crippen molar-refractivity contribution in [3.63, 3.8) is 0 Å². The topological polar surface area (TPSA) is 0 Å². The molecule has 0 atom stereocenters. The van der Waals surface area contributed by atoms with Gasteiger partial charge in [-0.2, -0.15) is 8.78 Å². The van der Waals surface area contributed by atoms with Crippen LogP contribution in [0.2, 0.25) is 0 Å². The van der Waals surface area contributed by atoms with E-state index in [2.05, 4.69) is 11.8 Å². The van der Waals surface area contributed by atoms with Crippen LogP contribution in [-0.2, 0) is 0 Å². The van der Waals surface area contributed by atoms with Crippen molar-refractivity contribution in [3.8, 4) is 11.8 Å². The Morgan fingerprint density at radius 1 is 1.31 bits per heavy atom. The summed E-state index contributed by atoms with van der Waals surface area (Å²) in [6, 6.07) is 0. The third kappa shape index (κ3) is 6.33. The van der Waals surface area contributed by atoms with Crippen molar-refractivity contribution in [2.45, 2.75) is 38.5 Å². The van der Waals surface area contributed by atoms with Crippen LogP contribution in [0.5, 0.6) is 0 Å². The molecule has 0 N–H and O–H groups in total. The number of halogens is 2. The molecule has 0 aromatic heterocycles. The zero-order chi connectivity index (χ0) is 9.52. The Labute approximate surface area is 78.0 Å². The van der Waals surface area contributed by atoms with Crippen LogP contribution in [0.15, 0.2) is 12.2 Å². The molecular formula is C11H14F2. The van der Waals surface area contributed by atoms with Crippen molar-refractivity contribution in [2.24, 2.45) is 5.92 Å². The Balaban J connectivity index is 1.91. The predicted molar refractivity (Wildman–Crippen MR) is 49.3 cm³/mol. The summed E-state index contributed by atoms with van der Waals surface area (Å²) in [5, 5.41) is 0. The molecule has 72 valence electrons. The fraction of sp³-hybridized carbons (Fsp3) is 0.636. The number of allylic oxidation sites excluding steroid dienone is 1. The minimum absolute atomic E-state index is 0.668. The first-order valence-electron chi connectivity index (χ1n) is 4.78. The van der Waals surface area contributed by atoms with Gasteiger partial charge in [0, 0.05) is 6.42 Å². The maximum atomic E-state index is 11.5. The Kier molecular flexibility index (Phi) is 4.53. The van der Waals surface area contributed by atoms with E-state index in [0.29, 0.717) is 6.08 Å². The molecule has 0 spiro atoms. The maximum absolute atomic E-state index is 11.5. The predicted octanol–water partition coefficient (Wildman–Crippen LogP) is 3.74. The van der Waals surface area contributed by atoms with Crippen LogP contribution < -0.4 is 0 Å². The average Bonchev–Trinajstić information content (AvgIpc) is 2.86. The quantitative estimate of drug-likeness (QED) is 0.461. The van der Waals surface area contributed by atoms with Gasteiger partial charge >= 0.3 is 0 Å². The Bertz CT molecular complexity index is 224. The molecule has 1 fully saturated rings. The van der Waals surface area contributed by atoms with E-state index in [1.165, 1.54) is 25.7 Å². The number of hydrogen-bond acceptors (Lipinski definition) is 0. The number of rotatable bonds is 4. The maximum Gasteiger partial charge on any atom is 0.278 e. The van der Waals surface area contributed by atoms with E-state index in [1.54, 1.807) is 0 Å². The summed E-state index contributed by atoms with van der Waals surface area (Å²) in [7, 11) is 0. The highest BCUT2D eigenvalue weighted by Crippen LogP contribution is 2.33. The number of unbranched alkanes of at least 4 members (excludes halogenated alkanes) is 2. The monoisotopic (exact) mass is 184 g/mol. The molecule has 0 radical (unpaired) electrons. The van der Waals surface area contributed by atoms with Gasteiger partial charge in [-0.25, -0.2) is 0 Å². The van der Waals surface area contributed by atoms with E-state index < -0.39 is 6.08 Å². The molecule has 0 heterocycles. The van der Waals surface area contributed by atoms with Crippen LogP contribution in [0.1, 0.15) is 38.5 Å². The summed E-state index contributed by atoms with van der Waals surface area (Å²) in [6.45, 7) is 0. The van der Waals surface area contributed by atoms with E-state index in [-0.39, 0.29) is 0 Å². The standard InChI is InChI=1S/C11H14F2/c12-11(13)7-5-3-1-2-4-6-10-8-9-10/h7,10H,1-2,4,6,8-9H2. The van der Waals surface area contributed by atoms with Gasteiger partial charge in [-0.3, -0.25) is 0 Å². The molecule has 0 aliphatic heterocycles. The molecule has 2 heteroatoms. The van der Waals surface area contributed by atoms with E-state index in [9.17, 15) is 8.78 Å². The van der Waals surface area contributed by atoms with Crippen molar-refractivity contribution in [1.29, 1.82) is 0 Å². The minimum atomic E-state index is -1.70. The third-order valence-corrected chi connectivity index (χ3v) is 2.14. The van der Waals surface area contributed by atoms with Crippen LogP contribution >= 0.6 is 0 Å². The molecule has 0 bridgehead atoms. The van der Waals surface area contributed by atoms with Crippen LogP contribution in [0.25, 0.3) is 0 Å². The van der Waals surface area contributed by atoms with Gasteiger partial charge in [0.1, 0.15) is 0 Å². The van der Waals surface area contributed by atoms with Crippen LogP contribution in [0.4, 0.5) is 8.78 Å². The van der Waals surface area contributed by atoms with Crippen LogP contribution in [0, 0.1) is 17.8 Å². The molecule has 0 aromatic rings. The SMILES string of the molecule is FC(F)=CC#CCCCCC1CC1. The molecule has 13 heavy (non-hydrogen) atoms. The third-order valence-electron chi connectivity index (χ3n) is 2.14. The molecule has 0 nitrogen and oxygen atoms in total. The van der Waals surface area contributed by atoms with E-state index >= 15 is 0 Å². The molecular weight excluding hydrogens is 170 g/mol. The molecule has 0 unspecified atom stereocenters. The minimum Gasteiger partial charge on any atom is -0.173 e. The molecule has 0 saturated heterocycles. The second-order valence-corrected chi connectivity index (χ2v) is 3.44. The van der Waals surface area contributed by atoms with E-state index in [1.807, 2.05) is 0 Å². The van der Waals surface area contributed by atoms with Gasteiger partial charge < -0.3 is 0 Å². The lowest BCUT2D eigenvalue weighted by Crippen LogP contribution is -1.77. The zero-order valence-electron chi connectivity index (χ0n) is 7.65. The van der Waals surface area contributed by atoms with Crippen molar-refractivity contribution >= 4 is 0 Å². The summed E-state index contributed by atoms with van der Waals surface area (Å²) >= 11 is 0. The van der Waals surface area contributed by atoms with Gasteiger partial charge in [-0.05, 0) is 12.3 Å². The summed E-state index contributed by atoms with van der Waals surface area (Å²) in [5.74, 6) is 6.00. The summed E-state index contributed by atoms with van der Waals surface area (Å²) < 4.78 is 23.0. The second kappa shape index (κ2) is 5.75. The van der Waals surface area contributed by atoms with Gasteiger partial charge in [0.15, 0.2) is 0 Å². The summed E-state index contributed by atoms with van der Waals surface area (Å²) in [4.78, 5) is 0. The van der Waals surface area contributed by atoms with Crippen LogP contribution in [-0.4, -0.2) is 0 Å². The molecule has 1 saturated carbocycles. The van der Waals surface area contributed by atoms with Crippen LogP contribution in [0.3, 0.4) is 0 Å². The second-order valence-electron chi connectivity index (χ2n) is 3.44. The lowest BCUT2D eigenvalue weighted by Gasteiger charge is -1.92. The smallest absolute Gasteiger partial charge is 0.173 e. The normalized spacial score (nSPS) is 14.6. The first-order chi connectivity index (χ1) is 6.29. The first kappa shape index (κ1) is 10.2. The summed E-state index contributed by atoms with van der Waals surface area (Å²) in [6.07, 6.45) is 6.03. The fourth-order valence-corrected chi connectivity index (χ4v) is 1.23. The highest BCUT2D eigenvalue weighted by atomic mass is 19.3. The van der Waals surface area contributed by atoms with Crippen molar-refractivity contribution in [3.05, 3.63) is 12.2 Å².